The molecule has 2 aromatic carbocycles. The van der Waals surface area contributed by atoms with Gasteiger partial charge in [-0.1, -0.05) is 35.4 Å². The molecule has 1 amide bonds. The lowest BCUT2D eigenvalue weighted by Gasteiger charge is -2.10. The number of amides is 1. The fraction of sp³-hybridized carbons (Fsp3) is 0.190. The molecule has 3 rings (SSSR count). The van der Waals surface area contributed by atoms with Crippen molar-refractivity contribution in [2.75, 3.05) is 11.9 Å². The predicted molar refractivity (Wildman–Crippen MR) is 103 cm³/mol. The first-order valence-corrected chi connectivity index (χ1v) is 8.60. The molecule has 0 saturated carbocycles. The number of aromatic nitrogens is 2. The largest absolute Gasteiger partial charge is 0.452 e. The molecule has 0 radical (unpaired) electrons. The fourth-order valence-corrected chi connectivity index (χ4v) is 2.84. The highest BCUT2D eigenvalue weighted by molar-refractivity contribution is 5.95. The highest BCUT2D eigenvalue weighted by atomic mass is 16.5. The molecule has 138 valence electrons. The molecule has 0 spiro atoms. The number of rotatable bonds is 5. The van der Waals surface area contributed by atoms with E-state index in [1.165, 1.54) is 0 Å². The third kappa shape index (κ3) is 4.61. The summed E-state index contributed by atoms with van der Waals surface area (Å²) >= 11 is 0. The van der Waals surface area contributed by atoms with Crippen LogP contribution in [0.2, 0.25) is 0 Å². The molecule has 0 aliphatic carbocycles. The van der Waals surface area contributed by atoms with Crippen molar-refractivity contribution in [3.8, 4) is 5.69 Å². The van der Waals surface area contributed by atoms with Crippen molar-refractivity contribution in [2.45, 2.75) is 20.8 Å². The SMILES string of the molecule is Cc1cc(C)cc(C(=O)OCC(=O)Nc2cc(C)nn2-c2ccccc2)c1. The van der Waals surface area contributed by atoms with E-state index in [1.54, 1.807) is 22.9 Å². The molecule has 0 atom stereocenters. The summed E-state index contributed by atoms with van der Waals surface area (Å²) in [6.07, 6.45) is 0. The molecule has 0 saturated heterocycles. The average molecular weight is 363 g/mol. The van der Waals surface area contributed by atoms with Crippen LogP contribution in [0.15, 0.2) is 54.6 Å². The Kier molecular flexibility index (Phi) is 5.35. The fourth-order valence-electron chi connectivity index (χ4n) is 2.84. The number of ether oxygens (including phenoxy) is 1. The number of nitrogens with zero attached hydrogens (tertiary/aromatic N) is 2. The smallest absolute Gasteiger partial charge is 0.338 e. The molecular weight excluding hydrogens is 342 g/mol. The Bertz CT molecular complexity index is 957. The lowest BCUT2D eigenvalue weighted by molar-refractivity contribution is -0.119. The molecule has 0 unspecified atom stereocenters. The van der Waals surface area contributed by atoms with Gasteiger partial charge >= 0.3 is 5.97 Å². The summed E-state index contributed by atoms with van der Waals surface area (Å²) in [6, 6.07) is 16.7. The second-order valence-corrected chi connectivity index (χ2v) is 6.42. The predicted octanol–water partition coefficient (Wildman–Crippen LogP) is 3.59. The van der Waals surface area contributed by atoms with Crippen LogP contribution in [0.4, 0.5) is 5.82 Å². The quantitative estimate of drug-likeness (QED) is 0.703. The molecule has 27 heavy (non-hydrogen) atoms. The van der Waals surface area contributed by atoms with Crippen molar-refractivity contribution in [3.05, 3.63) is 77.0 Å². The van der Waals surface area contributed by atoms with Gasteiger partial charge in [0, 0.05) is 6.07 Å². The first kappa shape index (κ1) is 18.4. The highest BCUT2D eigenvalue weighted by Crippen LogP contribution is 2.17. The summed E-state index contributed by atoms with van der Waals surface area (Å²) in [7, 11) is 0. The molecular formula is C21H21N3O3. The maximum Gasteiger partial charge on any atom is 0.338 e. The van der Waals surface area contributed by atoms with Gasteiger partial charge in [-0.3, -0.25) is 4.79 Å². The van der Waals surface area contributed by atoms with Gasteiger partial charge in [0.15, 0.2) is 6.61 Å². The zero-order chi connectivity index (χ0) is 19.4. The molecule has 0 bridgehead atoms. The molecule has 0 fully saturated rings. The van der Waals surface area contributed by atoms with E-state index in [0.29, 0.717) is 11.4 Å². The average Bonchev–Trinajstić information content (AvgIpc) is 2.99. The lowest BCUT2D eigenvalue weighted by atomic mass is 10.1. The number of anilines is 1. The molecule has 1 heterocycles. The monoisotopic (exact) mass is 363 g/mol. The lowest BCUT2D eigenvalue weighted by Crippen LogP contribution is -2.22. The van der Waals surface area contributed by atoms with Crippen molar-refractivity contribution < 1.29 is 14.3 Å². The second-order valence-electron chi connectivity index (χ2n) is 6.42. The minimum absolute atomic E-state index is 0.370. The van der Waals surface area contributed by atoms with Gasteiger partial charge in [0.2, 0.25) is 0 Å². The molecule has 0 aliphatic rings. The van der Waals surface area contributed by atoms with E-state index in [0.717, 1.165) is 22.5 Å². The van der Waals surface area contributed by atoms with E-state index < -0.39 is 11.9 Å². The maximum absolute atomic E-state index is 12.2. The first-order chi connectivity index (χ1) is 12.9. The Hall–Kier alpha value is -3.41. The number of benzene rings is 2. The van der Waals surface area contributed by atoms with Crippen molar-refractivity contribution in [2.24, 2.45) is 0 Å². The van der Waals surface area contributed by atoms with Crippen molar-refractivity contribution >= 4 is 17.7 Å². The third-order valence-corrected chi connectivity index (χ3v) is 3.89. The standard InChI is InChI=1S/C21H21N3O3/c1-14-9-15(2)11-17(10-14)21(26)27-13-20(25)22-19-12-16(3)23-24(19)18-7-5-4-6-8-18/h4-12H,13H2,1-3H3,(H,22,25). The van der Waals surface area contributed by atoms with Crippen LogP contribution in [-0.2, 0) is 9.53 Å². The number of para-hydroxylation sites is 1. The Morgan fingerprint density at radius 3 is 2.33 bits per heavy atom. The summed E-state index contributed by atoms with van der Waals surface area (Å²) < 4.78 is 6.78. The topological polar surface area (TPSA) is 73.2 Å². The molecule has 3 aromatic rings. The zero-order valence-corrected chi connectivity index (χ0v) is 15.5. The van der Waals surface area contributed by atoms with E-state index in [9.17, 15) is 9.59 Å². The number of esters is 1. The van der Waals surface area contributed by atoms with Gasteiger partial charge in [0.1, 0.15) is 5.82 Å². The van der Waals surface area contributed by atoms with E-state index in [-0.39, 0.29) is 6.61 Å². The number of hydrogen-bond donors (Lipinski definition) is 1. The van der Waals surface area contributed by atoms with E-state index in [4.69, 9.17) is 4.74 Å². The van der Waals surface area contributed by atoms with Crippen LogP contribution in [0.25, 0.3) is 5.69 Å². The summed E-state index contributed by atoms with van der Waals surface area (Å²) in [5, 5.41) is 7.13. The summed E-state index contributed by atoms with van der Waals surface area (Å²) in [5.74, 6) is -0.430. The van der Waals surface area contributed by atoms with Gasteiger partial charge < -0.3 is 10.1 Å². The van der Waals surface area contributed by atoms with Crippen LogP contribution in [0.1, 0.15) is 27.2 Å². The minimum atomic E-state index is -0.523. The van der Waals surface area contributed by atoms with Crippen molar-refractivity contribution in [1.29, 1.82) is 0 Å². The van der Waals surface area contributed by atoms with Gasteiger partial charge in [0.25, 0.3) is 5.91 Å². The van der Waals surface area contributed by atoms with Crippen molar-refractivity contribution in [1.82, 2.24) is 9.78 Å². The number of carbonyl (C=O) groups is 2. The Balaban J connectivity index is 1.66. The van der Waals surface area contributed by atoms with E-state index in [1.807, 2.05) is 57.2 Å². The van der Waals surface area contributed by atoms with Crippen LogP contribution < -0.4 is 5.32 Å². The van der Waals surface area contributed by atoms with E-state index >= 15 is 0 Å². The van der Waals surface area contributed by atoms with Crippen LogP contribution in [-0.4, -0.2) is 28.3 Å². The summed E-state index contributed by atoms with van der Waals surface area (Å²) in [5.41, 5.74) is 3.96. The Morgan fingerprint density at radius 2 is 1.67 bits per heavy atom. The summed E-state index contributed by atoms with van der Waals surface area (Å²) in [6.45, 7) is 5.28. The number of hydrogen-bond acceptors (Lipinski definition) is 4. The minimum Gasteiger partial charge on any atom is -0.452 e. The van der Waals surface area contributed by atoms with Gasteiger partial charge in [-0.05, 0) is 45.0 Å². The Morgan fingerprint density at radius 1 is 1.00 bits per heavy atom. The van der Waals surface area contributed by atoms with E-state index in [2.05, 4.69) is 10.4 Å². The number of carbonyl (C=O) groups excluding carboxylic acids is 2. The normalized spacial score (nSPS) is 10.5. The number of nitrogens with one attached hydrogen (secondary N) is 1. The molecule has 1 N–H and O–H groups in total. The van der Waals surface area contributed by atoms with Gasteiger partial charge in [0.05, 0.1) is 16.9 Å². The molecule has 6 nitrogen and oxygen atoms in total. The third-order valence-electron chi connectivity index (χ3n) is 3.89. The van der Waals surface area contributed by atoms with Crippen molar-refractivity contribution in [3.63, 3.8) is 0 Å². The highest BCUT2D eigenvalue weighted by Gasteiger charge is 2.14. The number of aryl methyl sites for hydroxylation is 3. The maximum atomic E-state index is 12.2. The summed E-state index contributed by atoms with van der Waals surface area (Å²) in [4.78, 5) is 24.4. The Labute approximate surface area is 157 Å². The van der Waals surface area contributed by atoms with Crippen LogP contribution in [0, 0.1) is 20.8 Å². The van der Waals surface area contributed by atoms with Crippen LogP contribution in [0.3, 0.4) is 0 Å². The zero-order valence-electron chi connectivity index (χ0n) is 15.5. The van der Waals surface area contributed by atoms with Crippen LogP contribution in [0.5, 0.6) is 0 Å². The van der Waals surface area contributed by atoms with Gasteiger partial charge in [-0.15, -0.1) is 0 Å². The van der Waals surface area contributed by atoms with Gasteiger partial charge in [-0.2, -0.15) is 5.10 Å². The second kappa shape index (κ2) is 7.86. The molecule has 0 aliphatic heterocycles. The molecule has 1 aromatic heterocycles. The van der Waals surface area contributed by atoms with Gasteiger partial charge in [-0.25, -0.2) is 9.48 Å². The molecule has 6 heteroatoms. The first-order valence-electron chi connectivity index (χ1n) is 8.60. The van der Waals surface area contributed by atoms with Crippen LogP contribution >= 0.6 is 0 Å².